The highest BCUT2D eigenvalue weighted by molar-refractivity contribution is 5.54. The number of aromatic nitrogens is 3. The molecule has 0 aliphatic heterocycles. The molecule has 2 heterocycles. The van der Waals surface area contributed by atoms with Crippen molar-refractivity contribution in [3.05, 3.63) is 46.7 Å². The first-order chi connectivity index (χ1) is 11.2. The molecule has 0 aliphatic carbocycles. The molecule has 0 radical (unpaired) electrons. The van der Waals surface area contributed by atoms with Crippen LogP contribution >= 0.6 is 0 Å². The fourth-order valence-corrected chi connectivity index (χ4v) is 2.19. The van der Waals surface area contributed by atoms with Crippen LogP contribution in [0.15, 0.2) is 30.7 Å². The molecular formula is C13H14F3N5O3. The first-order valence-corrected chi connectivity index (χ1v) is 6.77. The second-order valence-electron chi connectivity index (χ2n) is 5.02. The summed E-state index contributed by atoms with van der Waals surface area (Å²) in [5.41, 5.74) is -3.56. The quantitative estimate of drug-likeness (QED) is 0.612. The average Bonchev–Trinajstić information content (AvgIpc) is 2.93. The number of aliphatic hydroxyl groups is 1. The molecular weight excluding hydrogens is 331 g/mol. The van der Waals surface area contributed by atoms with Gasteiger partial charge in [0.1, 0.15) is 5.82 Å². The minimum Gasteiger partial charge on any atom is -0.374 e. The number of alkyl halides is 3. The predicted molar refractivity (Wildman–Crippen MR) is 77.2 cm³/mol. The molecule has 0 saturated heterocycles. The molecule has 2 aromatic heterocycles. The van der Waals surface area contributed by atoms with Crippen molar-refractivity contribution in [2.45, 2.75) is 18.2 Å². The van der Waals surface area contributed by atoms with E-state index in [-0.39, 0.29) is 11.5 Å². The van der Waals surface area contributed by atoms with Gasteiger partial charge in [-0.05, 0) is 6.07 Å². The number of rotatable bonds is 6. The van der Waals surface area contributed by atoms with Gasteiger partial charge in [-0.15, -0.1) is 0 Å². The van der Waals surface area contributed by atoms with Gasteiger partial charge in [-0.2, -0.15) is 13.2 Å². The Balaban J connectivity index is 2.19. The molecule has 8 nitrogen and oxygen atoms in total. The molecule has 0 unspecified atom stereocenters. The van der Waals surface area contributed by atoms with E-state index in [9.17, 15) is 28.4 Å². The molecule has 2 N–H and O–H groups in total. The zero-order chi connectivity index (χ0) is 18.0. The Morgan fingerprint density at radius 3 is 2.62 bits per heavy atom. The molecule has 24 heavy (non-hydrogen) atoms. The van der Waals surface area contributed by atoms with Crippen LogP contribution in [0, 0.1) is 10.1 Å². The van der Waals surface area contributed by atoms with Crippen molar-refractivity contribution >= 4 is 11.5 Å². The topological polar surface area (TPSA) is 106 Å². The molecule has 0 spiro atoms. The highest BCUT2D eigenvalue weighted by Gasteiger charge is 2.57. The van der Waals surface area contributed by atoms with Crippen LogP contribution < -0.4 is 5.32 Å². The number of nitrogens with one attached hydrogen (secondary N) is 1. The van der Waals surface area contributed by atoms with Crippen molar-refractivity contribution in [2.24, 2.45) is 7.05 Å². The van der Waals surface area contributed by atoms with Crippen LogP contribution in [0.3, 0.4) is 0 Å². The second kappa shape index (κ2) is 6.43. The van der Waals surface area contributed by atoms with Gasteiger partial charge in [0.15, 0.2) is 0 Å². The van der Waals surface area contributed by atoms with E-state index < -0.39 is 35.5 Å². The molecule has 0 aromatic carbocycles. The van der Waals surface area contributed by atoms with Crippen LogP contribution in [-0.2, 0) is 12.6 Å². The maximum Gasteiger partial charge on any atom is 0.424 e. The SMILES string of the molecule is Cn1ccnc1[C@@](O)(CCNc1ncccc1[N+](=O)[O-])C(F)(F)F. The number of nitrogens with zero attached hydrogens (tertiary/aromatic N) is 4. The molecule has 1 atom stereocenters. The maximum absolute atomic E-state index is 13.3. The van der Waals surface area contributed by atoms with Crippen molar-refractivity contribution in [1.29, 1.82) is 0 Å². The van der Waals surface area contributed by atoms with Crippen LogP contribution in [0.5, 0.6) is 0 Å². The van der Waals surface area contributed by atoms with Crippen molar-refractivity contribution in [2.75, 3.05) is 11.9 Å². The van der Waals surface area contributed by atoms with Gasteiger partial charge in [-0.25, -0.2) is 9.97 Å². The van der Waals surface area contributed by atoms with Gasteiger partial charge in [0.2, 0.25) is 11.4 Å². The summed E-state index contributed by atoms with van der Waals surface area (Å²) in [6.07, 6.45) is -2.07. The Morgan fingerprint density at radius 1 is 1.38 bits per heavy atom. The van der Waals surface area contributed by atoms with Crippen LogP contribution in [0.2, 0.25) is 0 Å². The van der Waals surface area contributed by atoms with E-state index in [1.807, 2.05) is 0 Å². The minimum absolute atomic E-state index is 0.174. The summed E-state index contributed by atoms with van der Waals surface area (Å²) in [7, 11) is 1.33. The van der Waals surface area contributed by atoms with Gasteiger partial charge in [-0.1, -0.05) is 0 Å². The molecule has 0 amide bonds. The molecule has 0 aliphatic rings. The molecule has 2 aromatic rings. The lowest BCUT2D eigenvalue weighted by Gasteiger charge is -2.30. The lowest BCUT2D eigenvalue weighted by atomic mass is 9.97. The van der Waals surface area contributed by atoms with Gasteiger partial charge >= 0.3 is 11.9 Å². The third kappa shape index (κ3) is 3.30. The largest absolute Gasteiger partial charge is 0.424 e. The third-order valence-corrected chi connectivity index (χ3v) is 3.42. The lowest BCUT2D eigenvalue weighted by Crippen LogP contribution is -2.45. The van der Waals surface area contributed by atoms with E-state index in [0.717, 1.165) is 10.8 Å². The average molecular weight is 345 g/mol. The van der Waals surface area contributed by atoms with Gasteiger partial charge < -0.3 is 15.0 Å². The lowest BCUT2D eigenvalue weighted by molar-refractivity contribution is -0.384. The Hall–Kier alpha value is -2.69. The van der Waals surface area contributed by atoms with E-state index in [1.54, 1.807) is 0 Å². The van der Waals surface area contributed by atoms with E-state index >= 15 is 0 Å². The number of hydrogen-bond donors (Lipinski definition) is 2. The Kier molecular flexibility index (Phi) is 4.73. The smallest absolute Gasteiger partial charge is 0.374 e. The zero-order valence-electron chi connectivity index (χ0n) is 12.5. The fraction of sp³-hybridized carbons (Fsp3) is 0.385. The summed E-state index contributed by atoms with van der Waals surface area (Å²) >= 11 is 0. The zero-order valence-corrected chi connectivity index (χ0v) is 12.5. The van der Waals surface area contributed by atoms with E-state index in [4.69, 9.17) is 0 Å². The monoisotopic (exact) mass is 345 g/mol. The summed E-state index contributed by atoms with van der Waals surface area (Å²) in [6.45, 7) is -0.402. The van der Waals surface area contributed by atoms with Crippen molar-refractivity contribution in [3.8, 4) is 0 Å². The van der Waals surface area contributed by atoms with Gasteiger partial charge in [-0.3, -0.25) is 10.1 Å². The Labute approximate surface area is 134 Å². The maximum atomic E-state index is 13.3. The Morgan fingerprint density at radius 2 is 2.08 bits per heavy atom. The fourth-order valence-electron chi connectivity index (χ4n) is 2.19. The van der Waals surface area contributed by atoms with Crippen LogP contribution in [0.1, 0.15) is 12.2 Å². The van der Waals surface area contributed by atoms with Gasteiger partial charge in [0.25, 0.3) is 0 Å². The standard InChI is InChI=1S/C13H14F3N5O3/c1-20-8-7-19-11(20)12(22,13(14,15)16)4-6-18-10-9(21(23)24)3-2-5-17-10/h2-3,5,7-8,22H,4,6H2,1H3,(H,17,18)/t12-/m0/s1. The molecule has 0 saturated carbocycles. The first kappa shape index (κ1) is 17.7. The summed E-state index contributed by atoms with van der Waals surface area (Å²) < 4.78 is 41.0. The van der Waals surface area contributed by atoms with E-state index in [1.165, 1.54) is 31.6 Å². The van der Waals surface area contributed by atoms with Crippen LogP contribution in [-0.4, -0.2) is 37.3 Å². The number of halogens is 3. The van der Waals surface area contributed by atoms with Crippen LogP contribution in [0.25, 0.3) is 0 Å². The molecule has 2 rings (SSSR count). The number of hydrogen-bond acceptors (Lipinski definition) is 6. The minimum atomic E-state index is -4.97. The predicted octanol–water partition coefficient (Wildman–Crippen LogP) is 1.98. The summed E-state index contributed by atoms with van der Waals surface area (Å²) in [5, 5.41) is 23.5. The van der Waals surface area contributed by atoms with Crippen molar-refractivity contribution in [1.82, 2.24) is 14.5 Å². The molecule has 130 valence electrons. The number of imidazole rings is 1. The number of pyridine rings is 1. The summed E-state index contributed by atoms with van der Waals surface area (Å²) in [4.78, 5) is 17.4. The summed E-state index contributed by atoms with van der Waals surface area (Å²) in [5.74, 6) is -0.737. The number of aryl methyl sites for hydroxylation is 1. The highest BCUT2D eigenvalue weighted by atomic mass is 19.4. The van der Waals surface area contributed by atoms with Gasteiger partial charge in [0, 0.05) is 44.7 Å². The number of anilines is 1. The summed E-state index contributed by atoms with van der Waals surface area (Å²) in [6, 6.07) is 2.51. The van der Waals surface area contributed by atoms with Crippen molar-refractivity contribution in [3.63, 3.8) is 0 Å². The normalized spacial score (nSPS) is 14.2. The third-order valence-electron chi connectivity index (χ3n) is 3.42. The van der Waals surface area contributed by atoms with E-state index in [2.05, 4.69) is 15.3 Å². The molecule has 0 fully saturated rings. The molecule has 0 bridgehead atoms. The number of nitro groups is 1. The highest BCUT2D eigenvalue weighted by Crippen LogP contribution is 2.40. The second-order valence-corrected chi connectivity index (χ2v) is 5.02. The Bertz CT molecular complexity index is 734. The van der Waals surface area contributed by atoms with Crippen molar-refractivity contribution < 1.29 is 23.2 Å². The molecule has 11 heteroatoms. The van der Waals surface area contributed by atoms with Gasteiger partial charge in [0.05, 0.1) is 4.92 Å². The van der Waals surface area contributed by atoms with E-state index in [0.29, 0.717) is 0 Å². The van der Waals surface area contributed by atoms with Crippen LogP contribution in [0.4, 0.5) is 24.7 Å². The first-order valence-electron chi connectivity index (χ1n) is 6.77.